The topological polar surface area (TPSA) is 34.3 Å². The number of hydrogen-bond donors (Lipinski definition) is 1. The molecule has 0 bridgehead atoms. The van der Waals surface area contributed by atoms with Gasteiger partial charge < -0.3 is 10.4 Å². The van der Waals surface area contributed by atoms with Gasteiger partial charge in [0.05, 0.1) is 5.02 Å². The maximum Gasteiger partial charge on any atom is 0.135 e. The minimum atomic E-state index is 0.0617. The minimum Gasteiger partial charge on any atom is -0.661 e. The highest BCUT2D eigenvalue weighted by atomic mass is 35.5. The van der Waals surface area contributed by atoms with Crippen molar-refractivity contribution in [2.24, 2.45) is 0 Å². The molecule has 1 N–H and O–H groups in total. The van der Waals surface area contributed by atoms with Gasteiger partial charge in [0, 0.05) is 5.02 Å². The summed E-state index contributed by atoms with van der Waals surface area (Å²) >= 11 is 11.4. The molecule has 0 aliphatic heterocycles. The van der Waals surface area contributed by atoms with E-state index in [0.717, 1.165) is 0 Å². The lowest BCUT2D eigenvalue weighted by atomic mass is 10.2. The fourth-order valence-corrected chi connectivity index (χ4v) is 1.45. The van der Waals surface area contributed by atoms with Crippen LogP contribution in [0.1, 0.15) is 5.56 Å². The maximum atomic E-state index is 9.40. The van der Waals surface area contributed by atoms with Gasteiger partial charge in [-0.25, -0.2) is 0 Å². The van der Waals surface area contributed by atoms with Gasteiger partial charge >= 0.3 is 0 Å². The lowest BCUT2D eigenvalue weighted by Gasteiger charge is -2.13. The Labute approximate surface area is 81.1 Å². The quantitative estimate of drug-likeness (QED) is 0.790. The van der Waals surface area contributed by atoms with Crippen molar-refractivity contribution in [3.8, 4) is 5.75 Å². The van der Waals surface area contributed by atoms with Gasteiger partial charge in [-0.05, 0) is 17.7 Å². The highest BCUT2D eigenvalue weighted by molar-refractivity contribution is 6.35. The summed E-state index contributed by atoms with van der Waals surface area (Å²) in [5.41, 5.74) is 0.648. The van der Waals surface area contributed by atoms with Crippen molar-refractivity contribution in [2.75, 3.05) is 7.05 Å². The molecule has 12 heavy (non-hydrogen) atoms. The predicted molar refractivity (Wildman–Crippen MR) is 51.1 cm³/mol. The first-order chi connectivity index (χ1) is 5.65. The van der Waals surface area contributed by atoms with E-state index in [-0.39, 0.29) is 10.8 Å². The van der Waals surface area contributed by atoms with Crippen molar-refractivity contribution in [1.82, 2.24) is 0 Å². The molecule has 1 aromatic carbocycles. The summed E-state index contributed by atoms with van der Waals surface area (Å²) < 4.78 is 0. The van der Waals surface area contributed by atoms with Crippen LogP contribution in [0.15, 0.2) is 12.1 Å². The molecule has 0 amide bonds. The van der Waals surface area contributed by atoms with E-state index in [2.05, 4.69) is 5.32 Å². The first-order valence-corrected chi connectivity index (χ1v) is 4.13. The van der Waals surface area contributed by atoms with E-state index < -0.39 is 0 Å². The Hall–Kier alpha value is -0.440. The molecule has 0 heterocycles. The summed E-state index contributed by atoms with van der Waals surface area (Å²) in [7, 11) is 1.66. The van der Waals surface area contributed by atoms with Crippen LogP contribution in [0.3, 0.4) is 0 Å². The molecule has 1 rings (SSSR count). The molecule has 66 valence electrons. The molecule has 0 aromatic heterocycles. The molecule has 0 aliphatic carbocycles. The van der Waals surface area contributed by atoms with Gasteiger partial charge in [0.15, 0.2) is 0 Å². The van der Waals surface area contributed by atoms with E-state index >= 15 is 0 Å². The number of halogens is 2. The largest absolute Gasteiger partial charge is 0.661 e. The minimum absolute atomic E-state index is 0.0617. The standard InChI is InChI=1S/C8H8Cl2NO/c1-11-4-5-2-6(9)3-7(10)8(5)12/h2-3,12H,4H2,1H3/q-1. The molecular weight excluding hydrogens is 197 g/mol. The van der Waals surface area contributed by atoms with E-state index in [0.29, 0.717) is 17.1 Å². The number of hydrogen-bond acceptors (Lipinski definition) is 1. The van der Waals surface area contributed by atoms with Crippen molar-refractivity contribution >= 4 is 23.2 Å². The third kappa shape index (κ3) is 2.03. The van der Waals surface area contributed by atoms with Crippen molar-refractivity contribution in [3.63, 3.8) is 0 Å². The van der Waals surface area contributed by atoms with Crippen LogP contribution in [0, 0.1) is 0 Å². The molecule has 0 unspecified atom stereocenters. The smallest absolute Gasteiger partial charge is 0.135 e. The molecule has 4 heteroatoms. The van der Waals surface area contributed by atoms with Crippen LogP contribution >= 0.6 is 23.2 Å². The lowest BCUT2D eigenvalue weighted by molar-refractivity contribution is 0.469. The third-order valence-electron chi connectivity index (χ3n) is 1.44. The zero-order chi connectivity index (χ0) is 9.14. The van der Waals surface area contributed by atoms with Crippen molar-refractivity contribution in [3.05, 3.63) is 33.1 Å². The maximum absolute atomic E-state index is 9.40. The number of benzene rings is 1. The number of phenols is 1. The molecule has 0 fully saturated rings. The highest BCUT2D eigenvalue weighted by Gasteiger charge is 2.03. The van der Waals surface area contributed by atoms with Crippen molar-refractivity contribution < 1.29 is 5.11 Å². The SMILES string of the molecule is C[N-]Cc1cc(Cl)cc(Cl)c1O. The molecule has 0 atom stereocenters. The van der Waals surface area contributed by atoms with E-state index in [9.17, 15) is 5.11 Å². The number of phenolic OH excluding ortho intramolecular Hbond substituents is 1. The molecule has 0 radical (unpaired) electrons. The van der Waals surface area contributed by atoms with Crippen molar-refractivity contribution in [1.29, 1.82) is 0 Å². The zero-order valence-electron chi connectivity index (χ0n) is 6.51. The Balaban J connectivity index is 3.09. The van der Waals surface area contributed by atoms with E-state index in [1.165, 1.54) is 6.07 Å². The highest BCUT2D eigenvalue weighted by Crippen LogP contribution is 2.31. The molecule has 2 nitrogen and oxygen atoms in total. The van der Waals surface area contributed by atoms with E-state index in [1.807, 2.05) is 0 Å². The second-order valence-corrected chi connectivity index (χ2v) is 3.21. The summed E-state index contributed by atoms with van der Waals surface area (Å²) in [5.74, 6) is 0.0617. The third-order valence-corrected chi connectivity index (χ3v) is 1.94. The van der Waals surface area contributed by atoms with Crippen molar-refractivity contribution in [2.45, 2.75) is 6.54 Å². The predicted octanol–water partition coefficient (Wildman–Crippen LogP) is 3.20. The average molecular weight is 205 g/mol. The molecule has 1 aromatic rings. The number of rotatable bonds is 2. The summed E-state index contributed by atoms with van der Waals surface area (Å²) in [4.78, 5) is 0. The second-order valence-electron chi connectivity index (χ2n) is 2.37. The molecule has 0 spiro atoms. The normalized spacial score (nSPS) is 10.2. The van der Waals surface area contributed by atoms with Crippen LogP contribution < -0.4 is 0 Å². The molecule has 0 saturated carbocycles. The van der Waals surface area contributed by atoms with Crippen LogP contribution in [0.5, 0.6) is 5.75 Å². The Morgan fingerprint density at radius 2 is 2.08 bits per heavy atom. The van der Waals surface area contributed by atoms with Gasteiger partial charge in [-0.2, -0.15) is 7.05 Å². The number of nitrogens with zero attached hydrogens (tertiary/aromatic N) is 1. The Morgan fingerprint density at radius 1 is 1.42 bits per heavy atom. The summed E-state index contributed by atoms with van der Waals surface area (Å²) in [6.07, 6.45) is 0. The fourth-order valence-electron chi connectivity index (χ4n) is 0.910. The summed E-state index contributed by atoms with van der Waals surface area (Å²) in [6, 6.07) is 3.15. The summed E-state index contributed by atoms with van der Waals surface area (Å²) in [5, 5.41) is 14.0. The lowest BCUT2D eigenvalue weighted by Crippen LogP contribution is -1.84. The Kier molecular flexibility index (Phi) is 3.20. The monoisotopic (exact) mass is 204 g/mol. The van der Waals surface area contributed by atoms with Gasteiger partial charge in [-0.1, -0.05) is 23.2 Å². The van der Waals surface area contributed by atoms with E-state index in [4.69, 9.17) is 23.2 Å². The number of aromatic hydroxyl groups is 1. The Morgan fingerprint density at radius 3 is 2.67 bits per heavy atom. The second kappa shape index (κ2) is 3.99. The van der Waals surface area contributed by atoms with Gasteiger partial charge in [0.2, 0.25) is 0 Å². The zero-order valence-corrected chi connectivity index (χ0v) is 8.02. The van der Waals surface area contributed by atoms with Crippen LogP contribution in [0.2, 0.25) is 10.0 Å². The van der Waals surface area contributed by atoms with Gasteiger partial charge in [0.1, 0.15) is 5.75 Å². The van der Waals surface area contributed by atoms with Crippen LogP contribution in [0.4, 0.5) is 0 Å². The van der Waals surface area contributed by atoms with Crippen LogP contribution in [-0.2, 0) is 6.54 Å². The van der Waals surface area contributed by atoms with Gasteiger partial charge in [0.25, 0.3) is 0 Å². The first-order valence-electron chi connectivity index (χ1n) is 3.37. The molecule has 0 saturated heterocycles. The van der Waals surface area contributed by atoms with Crippen LogP contribution in [0.25, 0.3) is 5.32 Å². The van der Waals surface area contributed by atoms with Crippen LogP contribution in [-0.4, -0.2) is 12.2 Å². The molecular formula is C8H8Cl2NO-. The summed E-state index contributed by atoms with van der Waals surface area (Å²) in [6.45, 7) is 0.423. The average Bonchev–Trinajstić information content (AvgIpc) is 2.00. The first kappa shape index (κ1) is 9.65. The van der Waals surface area contributed by atoms with Gasteiger partial charge in [-0.15, -0.1) is 6.54 Å². The Bertz CT molecular complexity index is 289. The fraction of sp³-hybridized carbons (Fsp3) is 0.250. The van der Waals surface area contributed by atoms with E-state index in [1.54, 1.807) is 13.1 Å². The van der Waals surface area contributed by atoms with Gasteiger partial charge in [-0.3, -0.25) is 0 Å². The molecule has 0 aliphatic rings.